The second-order valence-electron chi connectivity index (χ2n) is 5.46. The van der Waals surface area contributed by atoms with E-state index in [0.29, 0.717) is 22.9 Å². The van der Waals surface area contributed by atoms with Crippen LogP contribution >= 0.6 is 22.9 Å². The molecule has 3 aromatic rings. The van der Waals surface area contributed by atoms with Crippen molar-refractivity contribution in [2.45, 2.75) is 6.67 Å². The molecule has 6 heteroatoms. The number of halogens is 1. The number of fused-ring (bicyclic) bond motifs is 1. The maximum Gasteiger partial charge on any atom is 0.271 e. The Morgan fingerprint density at radius 1 is 1.08 bits per heavy atom. The molecule has 0 aliphatic carbocycles. The van der Waals surface area contributed by atoms with Gasteiger partial charge in [0.2, 0.25) is 0 Å². The van der Waals surface area contributed by atoms with E-state index in [0.717, 1.165) is 16.1 Å². The van der Waals surface area contributed by atoms with Crippen molar-refractivity contribution in [3.63, 3.8) is 0 Å². The smallest absolute Gasteiger partial charge is 0.271 e. The standard InChI is InChI=1S/C18H14ClN3OS/c19-15-9-5-4-6-13(15)10-16-17(23)22-12-21(11-20-18(22)24-16)14-7-2-1-3-8-14/h1-10H,11-12H2/b16-10+. The molecule has 0 fully saturated rings. The summed E-state index contributed by atoms with van der Waals surface area (Å²) in [6, 6.07) is 17.5. The molecular formula is C18H14ClN3OS. The van der Waals surface area contributed by atoms with E-state index in [2.05, 4.69) is 9.89 Å². The molecule has 0 unspecified atom stereocenters. The number of anilines is 1. The molecule has 2 heterocycles. The Balaban J connectivity index is 1.76. The summed E-state index contributed by atoms with van der Waals surface area (Å²) in [7, 11) is 0. The fourth-order valence-corrected chi connectivity index (χ4v) is 3.79. The predicted octanol–water partition coefficient (Wildman–Crippen LogP) is 2.45. The number of nitrogens with zero attached hydrogens (tertiary/aromatic N) is 3. The summed E-state index contributed by atoms with van der Waals surface area (Å²) >= 11 is 7.59. The molecule has 0 amide bonds. The normalized spacial score (nSPS) is 14.4. The van der Waals surface area contributed by atoms with Crippen LogP contribution in [-0.4, -0.2) is 11.2 Å². The summed E-state index contributed by atoms with van der Waals surface area (Å²) < 4.78 is 2.36. The first-order valence-corrected chi connectivity index (χ1v) is 8.72. The van der Waals surface area contributed by atoms with Crippen LogP contribution in [0.4, 0.5) is 5.69 Å². The molecule has 0 radical (unpaired) electrons. The van der Waals surface area contributed by atoms with Gasteiger partial charge in [0.05, 0.1) is 4.53 Å². The van der Waals surface area contributed by atoms with E-state index in [4.69, 9.17) is 11.6 Å². The van der Waals surface area contributed by atoms with Crippen molar-refractivity contribution in [2.75, 3.05) is 11.6 Å². The maximum atomic E-state index is 12.7. The average Bonchev–Trinajstić information content (AvgIpc) is 2.93. The minimum Gasteiger partial charge on any atom is -0.334 e. The average molecular weight is 356 g/mol. The van der Waals surface area contributed by atoms with Gasteiger partial charge in [-0.3, -0.25) is 9.36 Å². The first kappa shape index (κ1) is 15.2. The van der Waals surface area contributed by atoms with Gasteiger partial charge in [-0.2, -0.15) is 0 Å². The number of benzene rings is 2. The summed E-state index contributed by atoms with van der Waals surface area (Å²) in [5.41, 5.74) is 1.87. The topological polar surface area (TPSA) is 37.6 Å². The van der Waals surface area contributed by atoms with Crippen molar-refractivity contribution in [1.29, 1.82) is 0 Å². The van der Waals surface area contributed by atoms with Crippen LogP contribution in [0.1, 0.15) is 5.56 Å². The van der Waals surface area contributed by atoms with Crippen molar-refractivity contribution in [2.24, 2.45) is 4.99 Å². The Morgan fingerprint density at radius 3 is 2.62 bits per heavy atom. The second-order valence-corrected chi connectivity index (χ2v) is 6.88. The van der Waals surface area contributed by atoms with Crippen LogP contribution < -0.4 is 19.8 Å². The summed E-state index contributed by atoms with van der Waals surface area (Å²) in [6.07, 6.45) is 1.84. The lowest BCUT2D eigenvalue weighted by Gasteiger charge is -2.25. The monoisotopic (exact) mass is 355 g/mol. The van der Waals surface area contributed by atoms with Crippen molar-refractivity contribution in [3.05, 3.63) is 84.9 Å². The van der Waals surface area contributed by atoms with E-state index in [1.54, 1.807) is 4.57 Å². The number of aromatic nitrogens is 1. The minimum atomic E-state index is -0.0284. The lowest BCUT2D eigenvalue weighted by Crippen LogP contribution is -2.42. The second kappa shape index (κ2) is 6.26. The highest BCUT2D eigenvalue weighted by atomic mass is 35.5. The first-order valence-electron chi connectivity index (χ1n) is 7.53. The molecular weight excluding hydrogens is 342 g/mol. The Kier molecular flexibility index (Phi) is 3.96. The molecule has 1 aromatic heterocycles. The quantitative estimate of drug-likeness (QED) is 0.708. The fraction of sp³-hybridized carbons (Fsp3) is 0.111. The molecule has 0 atom stereocenters. The maximum absolute atomic E-state index is 12.7. The fourth-order valence-electron chi connectivity index (χ4n) is 2.65. The largest absolute Gasteiger partial charge is 0.334 e. The number of para-hydroxylation sites is 1. The van der Waals surface area contributed by atoms with Crippen LogP contribution in [0.15, 0.2) is 64.4 Å². The van der Waals surface area contributed by atoms with Gasteiger partial charge in [-0.1, -0.05) is 59.3 Å². The number of hydrogen-bond donors (Lipinski definition) is 0. The predicted molar refractivity (Wildman–Crippen MR) is 98.2 cm³/mol. The van der Waals surface area contributed by atoms with Gasteiger partial charge >= 0.3 is 0 Å². The molecule has 2 aromatic carbocycles. The summed E-state index contributed by atoms with van der Waals surface area (Å²) in [5.74, 6) is 0. The Morgan fingerprint density at radius 2 is 1.83 bits per heavy atom. The van der Waals surface area contributed by atoms with Gasteiger partial charge in [0, 0.05) is 10.7 Å². The third-order valence-corrected chi connectivity index (χ3v) is 5.28. The van der Waals surface area contributed by atoms with Gasteiger partial charge in [0.1, 0.15) is 13.3 Å². The van der Waals surface area contributed by atoms with Crippen molar-refractivity contribution in [3.8, 4) is 0 Å². The van der Waals surface area contributed by atoms with Gasteiger partial charge in [0.25, 0.3) is 5.56 Å². The summed E-state index contributed by atoms with van der Waals surface area (Å²) in [6.45, 7) is 1.06. The van der Waals surface area contributed by atoms with Gasteiger partial charge in [-0.25, -0.2) is 4.99 Å². The van der Waals surface area contributed by atoms with Crippen LogP contribution in [0, 0.1) is 0 Å². The molecule has 4 rings (SSSR count). The van der Waals surface area contributed by atoms with Gasteiger partial charge in [0.15, 0.2) is 4.80 Å². The minimum absolute atomic E-state index is 0.0284. The highest BCUT2D eigenvalue weighted by Gasteiger charge is 2.15. The Bertz CT molecular complexity index is 1060. The highest BCUT2D eigenvalue weighted by Crippen LogP contribution is 2.16. The lowest BCUT2D eigenvalue weighted by atomic mass is 10.2. The molecule has 24 heavy (non-hydrogen) atoms. The molecule has 0 saturated heterocycles. The van der Waals surface area contributed by atoms with E-state index in [1.807, 2.05) is 60.7 Å². The van der Waals surface area contributed by atoms with Gasteiger partial charge in [-0.15, -0.1) is 0 Å². The third kappa shape index (κ3) is 2.77. The number of hydrogen-bond acceptors (Lipinski definition) is 4. The van der Waals surface area contributed by atoms with E-state index in [9.17, 15) is 4.79 Å². The molecule has 120 valence electrons. The molecule has 4 nitrogen and oxygen atoms in total. The zero-order valence-corrected chi connectivity index (χ0v) is 14.3. The van der Waals surface area contributed by atoms with Crippen molar-refractivity contribution in [1.82, 2.24) is 4.57 Å². The van der Waals surface area contributed by atoms with Crippen LogP contribution in [0.3, 0.4) is 0 Å². The van der Waals surface area contributed by atoms with Gasteiger partial charge in [-0.05, 0) is 29.8 Å². The number of rotatable bonds is 2. The van der Waals surface area contributed by atoms with Crippen LogP contribution in [0.25, 0.3) is 6.08 Å². The number of thiazole rings is 1. The molecule has 1 aliphatic heterocycles. The van der Waals surface area contributed by atoms with E-state index in [-0.39, 0.29) is 5.56 Å². The first-order chi connectivity index (χ1) is 11.7. The van der Waals surface area contributed by atoms with E-state index < -0.39 is 0 Å². The zero-order valence-electron chi connectivity index (χ0n) is 12.7. The van der Waals surface area contributed by atoms with Crippen LogP contribution in [0.5, 0.6) is 0 Å². The SMILES string of the molecule is O=c1/c(=C\c2ccccc2Cl)sc2n1CN(c1ccccc1)CN=2. The highest BCUT2D eigenvalue weighted by molar-refractivity contribution is 7.07. The molecule has 1 aliphatic rings. The molecule has 0 saturated carbocycles. The Hall–Kier alpha value is -2.37. The molecule has 0 N–H and O–H groups in total. The molecule has 0 spiro atoms. The van der Waals surface area contributed by atoms with Crippen LogP contribution in [-0.2, 0) is 6.67 Å². The Labute approximate surface area is 147 Å². The summed E-state index contributed by atoms with van der Waals surface area (Å²) in [4.78, 5) is 20.1. The molecule has 0 bridgehead atoms. The lowest BCUT2D eigenvalue weighted by molar-refractivity contribution is 0.569. The third-order valence-electron chi connectivity index (χ3n) is 3.89. The summed E-state index contributed by atoms with van der Waals surface area (Å²) in [5, 5.41) is 0.635. The van der Waals surface area contributed by atoms with Crippen molar-refractivity contribution < 1.29 is 0 Å². The van der Waals surface area contributed by atoms with E-state index >= 15 is 0 Å². The zero-order chi connectivity index (χ0) is 16.5. The van der Waals surface area contributed by atoms with Gasteiger partial charge < -0.3 is 4.90 Å². The van der Waals surface area contributed by atoms with E-state index in [1.165, 1.54) is 11.3 Å². The van der Waals surface area contributed by atoms with Crippen LogP contribution in [0.2, 0.25) is 5.02 Å². The van der Waals surface area contributed by atoms with Crippen molar-refractivity contribution >= 4 is 34.7 Å².